The minimum Gasteiger partial charge on any atom is -0.469 e. The molecule has 0 saturated heterocycles. The van der Waals surface area contributed by atoms with Crippen molar-refractivity contribution < 1.29 is 22.1 Å². The van der Waals surface area contributed by atoms with E-state index in [-0.39, 0.29) is 18.5 Å². The minimum atomic E-state index is -3.34. The van der Waals surface area contributed by atoms with Gasteiger partial charge < -0.3 is 4.74 Å². The van der Waals surface area contributed by atoms with E-state index in [2.05, 4.69) is 4.18 Å². The van der Waals surface area contributed by atoms with Gasteiger partial charge in [0.05, 0.1) is 25.9 Å². The highest BCUT2D eigenvalue weighted by Gasteiger charge is 2.19. The number of carbonyl (C=O) groups excluding carboxylic acids is 1. The van der Waals surface area contributed by atoms with E-state index in [1.54, 1.807) is 0 Å². The first kappa shape index (κ1) is 19.6. The second-order valence-corrected chi connectivity index (χ2v) is 7.28. The smallest absolute Gasteiger partial charge is 0.308 e. The van der Waals surface area contributed by atoms with Crippen molar-refractivity contribution in [2.75, 3.05) is 20.0 Å². The third kappa shape index (κ3) is 9.36. The van der Waals surface area contributed by atoms with Gasteiger partial charge in [-0.25, -0.2) is 0 Å². The molecular formula is C17H26O5S. The van der Waals surface area contributed by atoms with E-state index in [4.69, 9.17) is 4.74 Å². The first-order valence-corrected chi connectivity index (χ1v) is 9.70. The first-order valence-electron chi connectivity index (χ1n) is 7.88. The molecule has 0 aliphatic carbocycles. The van der Waals surface area contributed by atoms with Crippen LogP contribution < -0.4 is 0 Å². The molecule has 0 aliphatic heterocycles. The lowest BCUT2D eigenvalue weighted by Gasteiger charge is -2.14. The molecule has 0 bridgehead atoms. The lowest BCUT2D eigenvalue weighted by Crippen LogP contribution is -2.18. The van der Waals surface area contributed by atoms with Crippen LogP contribution in [0.1, 0.15) is 37.7 Å². The van der Waals surface area contributed by atoms with Crippen LogP contribution in [0.3, 0.4) is 0 Å². The molecule has 5 nitrogen and oxygen atoms in total. The lowest BCUT2D eigenvalue weighted by molar-refractivity contribution is -0.145. The normalized spacial score (nSPS) is 12.8. The number of benzene rings is 1. The van der Waals surface area contributed by atoms with Crippen molar-refractivity contribution >= 4 is 16.1 Å². The summed E-state index contributed by atoms with van der Waals surface area (Å²) in [5.41, 5.74) is 1.13. The van der Waals surface area contributed by atoms with Crippen LogP contribution in [-0.2, 0) is 30.3 Å². The Hall–Kier alpha value is -1.40. The van der Waals surface area contributed by atoms with Gasteiger partial charge >= 0.3 is 5.97 Å². The summed E-state index contributed by atoms with van der Waals surface area (Å²) in [6, 6.07) is 9.91. The Morgan fingerprint density at radius 2 is 1.74 bits per heavy atom. The van der Waals surface area contributed by atoms with Gasteiger partial charge in [-0.05, 0) is 24.8 Å². The highest BCUT2D eigenvalue weighted by molar-refractivity contribution is 7.85. The van der Waals surface area contributed by atoms with Crippen LogP contribution in [0.4, 0.5) is 0 Å². The fraction of sp³-hybridized carbons (Fsp3) is 0.588. The van der Waals surface area contributed by atoms with Crippen molar-refractivity contribution in [3.63, 3.8) is 0 Å². The maximum Gasteiger partial charge on any atom is 0.308 e. The molecule has 1 unspecified atom stereocenters. The molecule has 0 aliphatic rings. The summed E-state index contributed by atoms with van der Waals surface area (Å²) in [6.45, 7) is 0.225. The van der Waals surface area contributed by atoms with Crippen LogP contribution in [-0.4, -0.2) is 34.4 Å². The number of methoxy groups -OCH3 is 1. The van der Waals surface area contributed by atoms with Crippen molar-refractivity contribution in [3.8, 4) is 0 Å². The maximum atomic E-state index is 11.9. The number of unbranched alkanes of at least 4 members (excludes halogenated alkanes) is 3. The Balaban J connectivity index is 2.28. The second kappa shape index (κ2) is 10.4. The van der Waals surface area contributed by atoms with Crippen LogP contribution in [0.5, 0.6) is 0 Å². The van der Waals surface area contributed by atoms with Gasteiger partial charge in [0.25, 0.3) is 10.1 Å². The predicted molar refractivity (Wildman–Crippen MR) is 89.5 cm³/mol. The van der Waals surface area contributed by atoms with Crippen molar-refractivity contribution in [3.05, 3.63) is 35.9 Å². The summed E-state index contributed by atoms with van der Waals surface area (Å²) in [5.74, 6) is -0.302. The van der Waals surface area contributed by atoms with Crippen LogP contribution in [0.2, 0.25) is 0 Å². The molecular weight excluding hydrogens is 316 g/mol. The van der Waals surface area contributed by atoms with Crippen molar-refractivity contribution in [1.82, 2.24) is 0 Å². The van der Waals surface area contributed by atoms with Crippen LogP contribution in [0.25, 0.3) is 0 Å². The highest BCUT2D eigenvalue weighted by Crippen LogP contribution is 2.18. The zero-order valence-electron chi connectivity index (χ0n) is 13.9. The van der Waals surface area contributed by atoms with E-state index in [1.165, 1.54) is 7.11 Å². The molecule has 0 amide bonds. The molecule has 0 saturated carbocycles. The average molecular weight is 342 g/mol. The van der Waals surface area contributed by atoms with E-state index in [0.717, 1.165) is 37.5 Å². The summed E-state index contributed by atoms with van der Waals surface area (Å²) in [7, 11) is -1.92. The molecule has 1 aromatic carbocycles. The largest absolute Gasteiger partial charge is 0.469 e. The van der Waals surface area contributed by atoms with Gasteiger partial charge in [0.1, 0.15) is 0 Å². The third-order valence-electron chi connectivity index (χ3n) is 3.60. The summed E-state index contributed by atoms with van der Waals surface area (Å²) in [5, 5.41) is 0. The number of rotatable bonds is 11. The molecule has 130 valence electrons. The van der Waals surface area contributed by atoms with E-state index in [9.17, 15) is 13.2 Å². The van der Waals surface area contributed by atoms with Crippen molar-refractivity contribution in [1.29, 1.82) is 0 Å². The maximum absolute atomic E-state index is 11.9. The molecule has 0 fully saturated rings. The van der Waals surface area contributed by atoms with E-state index in [1.807, 2.05) is 30.3 Å². The average Bonchev–Trinajstić information content (AvgIpc) is 2.52. The van der Waals surface area contributed by atoms with Crippen molar-refractivity contribution in [2.24, 2.45) is 5.92 Å². The number of hydrogen-bond donors (Lipinski definition) is 0. The molecule has 1 aromatic rings. The lowest BCUT2D eigenvalue weighted by atomic mass is 9.93. The Bertz CT molecular complexity index is 554. The monoisotopic (exact) mass is 342 g/mol. The van der Waals surface area contributed by atoms with E-state index >= 15 is 0 Å². The quantitative estimate of drug-likeness (QED) is 0.351. The predicted octanol–water partition coefficient (Wildman–Crippen LogP) is 2.95. The number of hydrogen-bond acceptors (Lipinski definition) is 5. The third-order valence-corrected chi connectivity index (χ3v) is 4.20. The Kier molecular flexibility index (Phi) is 8.87. The van der Waals surface area contributed by atoms with Crippen LogP contribution >= 0.6 is 0 Å². The second-order valence-electron chi connectivity index (χ2n) is 5.64. The number of esters is 1. The molecule has 0 aromatic heterocycles. The fourth-order valence-corrected chi connectivity index (χ4v) is 2.85. The SMILES string of the molecule is COC(=O)C(CCCCCCOS(C)(=O)=O)Cc1ccccc1. The van der Waals surface area contributed by atoms with Gasteiger partial charge in [0.2, 0.25) is 0 Å². The molecule has 1 rings (SSSR count). The van der Waals surface area contributed by atoms with Gasteiger partial charge in [-0.2, -0.15) is 8.42 Å². The fourth-order valence-electron chi connectivity index (χ4n) is 2.43. The zero-order chi connectivity index (χ0) is 17.1. The molecule has 1 atom stereocenters. The van der Waals surface area contributed by atoms with Crippen LogP contribution in [0.15, 0.2) is 30.3 Å². The molecule has 0 heterocycles. The number of carbonyl (C=O) groups is 1. The minimum absolute atomic E-state index is 0.130. The molecule has 6 heteroatoms. The van der Waals surface area contributed by atoms with E-state index in [0.29, 0.717) is 12.8 Å². The molecule has 23 heavy (non-hydrogen) atoms. The van der Waals surface area contributed by atoms with Gasteiger partial charge in [-0.15, -0.1) is 0 Å². The summed E-state index contributed by atoms with van der Waals surface area (Å²) < 4.78 is 31.2. The van der Waals surface area contributed by atoms with Gasteiger partial charge in [0, 0.05) is 0 Å². The zero-order valence-corrected chi connectivity index (χ0v) is 14.7. The van der Waals surface area contributed by atoms with Gasteiger partial charge in [0.15, 0.2) is 0 Å². The van der Waals surface area contributed by atoms with Crippen LogP contribution in [0, 0.1) is 5.92 Å². The van der Waals surface area contributed by atoms with Crippen molar-refractivity contribution in [2.45, 2.75) is 38.5 Å². The van der Waals surface area contributed by atoms with E-state index < -0.39 is 10.1 Å². The Morgan fingerprint density at radius 3 is 2.35 bits per heavy atom. The van der Waals surface area contributed by atoms with Gasteiger partial charge in [-0.3, -0.25) is 8.98 Å². The number of ether oxygens (including phenoxy) is 1. The molecule has 0 radical (unpaired) electrons. The molecule has 0 spiro atoms. The van der Waals surface area contributed by atoms with Gasteiger partial charge in [-0.1, -0.05) is 49.6 Å². The Morgan fingerprint density at radius 1 is 1.09 bits per heavy atom. The summed E-state index contributed by atoms with van der Waals surface area (Å²) in [4.78, 5) is 11.9. The topological polar surface area (TPSA) is 69.7 Å². The first-order chi connectivity index (χ1) is 10.9. The molecule has 0 N–H and O–H groups in total. The highest BCUT2D eigenvalue weighted by atomic mass is 32.2. The summed E-state index contributed by atoms with van der Waals surface area (Å²) in [6.07, 6.45) is 5.95. The standard InChI is InChI=1S/C17H26O5S/c1-21-17(18)16(14-15-10-6-5-7-11-15)12-8-3-4-9-13-22-23(2,19)20/h5-7,10-11,16H,3-4,8-9,12-14H2,1-2H3. The summed E-state index contributed by atoms with van der Waals surface area (Å²) >= 11 is 0. The Labute approximate surface area is 139 Å².